The number of rotatable bonds is 5. The maximum atomic E-state index is 8.49. The van der Waals surface area contributed by atoms with E-state index in [1.807, 2.05) is 6.92 Å². The van der Waals surface area contributed by atoms with Gasteiger partial charge in [-0.1, -0.05) is 0 Å². The number of aliphatic hydroxyl groups is 2. The first kappa shape index (κ1) is 13.7. The van der Waals surface area contributed by atoms with Crippen LogP contribution in [0.2, 0.25) is 0 Å². The highest BCUT2D eigenvalue weighted by Crippen LogP contribution is 1.51. The van der Waals surface area contributed by atoms with E-state index in [1.165, 1.54) is 4.90 Å². The van der Waals surface area contributed by atoms with E-state index in [2.05, 4.69) is 11.9 Å². The van der Waals surface area contributed by atoms with E-state index < -0.39 is 0 Å². The van der Waals surface area contributed by atoms with Crippen LogP contribution in [0.1, 0.15) is 6.92 Å². The van der Waals surface area contributed by atoms with Gasteiger partial charge in [-0.2, -0.15) is 0 Å². The fourth-order valence-electron chi connectivity index (χ4n) is 0.795. The minimum Gasteiger partial charge on any atom is -0.769 e. The van der Waals surface area contributed by atoms with Crippen molar-refractivity contribution in [3.63, 3.8) is 0 Å². The average molecular weight is 186 g/mol. The Morgan fingerprint density at radius 3 is 1.73 bits per heavy atom. The summed E-state index contributed by atoms with van der Waals surface area (Å²) < 4.78 is 7.72. The van der Waals surface area contributed by atoms with Crippen molar-refractivity contribution >= 4 is 11.9 Å². The Bertz CT molecular complexity index is 59.8. The molecule has 4 nitrogen and oxygen atoms in total. The first-order valence-corrected chi connectivity index (χ1v) is 3.86. The van der Waals surface area contributed by atoms with Crippen LogP contribution in [0.4, 0.5) is 0 Å². The third-order valence-electron chi connectivity index (χ3n) is 1.43. The number of aliphatic hydroxyl groups excluding tert-OH is 2. The Kier molecular flexibility index (Phi) is 15.9. The molecule has 5 heteroatoms. The van der Waals surface area contributed by atoms with Gasteiger partial charge in [0.15, 0.2) is 0 Å². The van der Waals surface area contributed by atoms with Gasteiger partial charge in [-0.05, 0) is 6.92 Å². The van der Waals surface area contributed by atoms with E-state index in [4.69, 9.17) is 14.9 Å². The van der Waals surface area contributed by atoms with Crippen LogP contribution >= 0.6 is 11.9 Å². The summed E-state index contributed by atoms with van der Waals surface area (Å²) in [4.78, 5) is 1.25. The standard InChI is InChI=1S/C6H15NO2.ClO/c1-2-7(3-5-8)4-6-9;1-2/h8-9H,2-6H2,1H3;/q;-1/p+1. The highest BCUT2D eigenvalue weighted by molar-refractivity contribution is 6.02. The number of halogens is 1. The summed E-state index contributed by atoms with van der Waals surface area (Å²) in [5.74, 6) is 0. The van der Waals surface area contributed by atoms with E-state index >= 15 is 0 Å². The summed E-state index contributed by atoms with van der Waals surface area (Å²) in [5.41, 5.74) is 0. The lowest BCUT2D eigenvalue weighted by Crippen LogP contribution is -3.12. The number of hydrogen-bond donors (Lipinski definition) is 3. The Morgan fingerprint density at radius 2 is 1.55 bits per heavy atom. The van der Waals surface area contributed by atoms with E-state index in [9.17, 15) is 0 Å². The van der Waals surface area contributed by atoms with Gasteiger partial charge < -0.3 is 19.8 Å². The first-order valence-electron chi connectivity index (χ1n) is 3.55. The number of hydrogen-bond acceptors (Lipinski definition) is 3. The SMILES string of the molecule is CC[NH+](CCO)CCO.[O-]Cl. The second-order valence-corrected chi connectivity index (χ2v) is 2.05. The van der Waals surface area contributed by atoms with Crippen LogP contribution in [0.25, 0.3) is 0 Å². The smallest absolute Gasteiger partial charge is 0.101 e. The molecule has 0 spiro atoms. The van der Waals surface area contributed by atoms with Crippen LogP contribution < -0.4 is 9.56 Å². The molecule has 0 saturated heterocycles. The zero-order chi connectivity index (χ0) is 9.11. The molecule has 3 N–H and O–H groups in total. The molecule has 0 amide bonds. The van der Waals surface area contributed by atoms with Crippen molar-refractivity contribution in [2.45, 2.75) is 6.92 Å². The van der Waals surface area contributed by atoms with Crippen molar-refractivity contribution < 1.29 is 19.8 Å². The summed E-state index contributed by atoms with van der Waals surface area (Å²) in [6, 6.07) is 0. The number of nitrogens with one attached hydrogen (secondary N) is 1. The lowest BCUT2D eigenvalue weighted by atomic mass is 10.5. The Labute approximate surface area is 72.2 Å². The molecule has 0 aliphatic carbocycles. The topological polar surface area (TPSA) is 68.0 Å². The maximum Gasteiger partial charge on any atom is 0.101 e. The van der Waals surface area contributed by atoms with Gasteiger partial charge in [0.2, 0.25) is 0 Å². The van der Waals surface area contributed by atoms with Gasteiger partial charge in [0.1, 0.15) is 13.1 Å². The second kappa shape index (κ2) is 12.8. The maximum absolute atomic E-state index is 8.49. The van der Waals surface area contributed by atoms with E-state index in [0.717, 1.165) is 19.6 Å². The quantitative estimate of drug-likeness (QED) is 0.439. The van der Waals surface area contributed by atoms with Crippen LogP contribution in [0.15, 0.2) is 0 Å². The molecular weight excluding hydrogens is 170 g/mol. The number of quaternary nitrogens is 1. The fraction of sp³-hybridized carbons (Fsp3) is 1.00. The third-order valence-corrected chi connectivity index (χ3v) is 1.43. The molecule has 0 aliphatic heterocycles. The lowest BCUT2D eigenvalue weighted by molar-refractivity contribution is -0.898. The van der Waals surface area contributed by atoms with Gasteiger partial charge in [0.05, 0.1) is 19.8 Å². The van der Waals surface area contributed by atoms with Crippen molar-refractivity contribution in [3.8, 4) is 0 Å². The highest BCUT2D eigenvalue weighted by atomic mass is 35.5. The summed E-state index contributed by atoms with van der Waals surface area (Å²) >= 11 is 3.39. The van der Waals surface area contributed by atoms with Gasteiger partial charge in [-0.25, -0.2) is 11.9 Å². The minimum atomic E-state index is 0.211. The number of likely N-dealkylation sites (N-methyl/N-ethyl adjacent to an activating group) is 1. The second-order valence-electron chi connectivity index (χ2n) is 2.05. The molecule has 0 aromatic carbocycles. The molecule has 0 radical (unpaired) electrons. The van der Waals surface area contributed by atoms with Crippen LogP contribution in [-0.4, -0.2) is 43.1 Å². The molecular formula is C6H16ClNO3. The van der Waals surface area contributed by atoms with Crippen molar-refractivity contribution in [1.82, 2.24) is 0 Å². The monoisotopic (exact) mass is 185 g/mol. The largest absolute Gasteiger partial charge is 0.769 e. The van der Waals surface area contributed by atoms with Crippen LogP contribution in [0.3, 0.4) is 0 Å². The van der Waals surface area contributed by atoms with Crippen LogP contribution in [0, 0.1) is 0 Å². The molecule has 0 fully saturated rings. The van der Waals surface area contributed by atoms with Gasteiger partial charge >= 0.3 is 0 Å². The van der Waals surface area contributed by atoms with Crippen LogP contribution in [-0.2, 0) is 0 Å². The molecule has 0 unspecified atom stereocenters. The normalized spacial score (nSPS) is 9.27. The third kappa shape index (κ3) is 10.1. The predicted molar refractivity (Wildman–Crippen MR) is 41.3 cm³/mol. The minimum absolute atomic E-state index is 0.211. The summed E-state index contributed by atoms with van der Waals surface area (Å²) in [5, 5.41) is 17.0. The molecule has 0 aliphatic rings. The predicted octanol–water partition coefficient (Wildman–Crippen LogP) is -2.62. The van der Waals surface area contributed by atoms with Gasteiger partial charge in [-0.15, -0.1) is 0 Å². The summed E-state index contributed by atoms with van der Waals surface area (Å²) in [6.45, 7) is 4.93. The summed E-state index contributed by atoms with van der Waals surface area (Å²) in [6.07, 6.45) is 0. The molecule has 70 valence electrons. The van der Waals surface area contributed by atoms with E-state index in [-0.39, 0.29) is 13.2 Å². The first-order chi connectivity index (χ1) is 5.35. The molecule has 0 aromatic rings. The van der Waals surface area contributed by atoms with E-state index in [0.29, 0.717) is 0 Å². The highest BCUT2D eigenvalue weighted by Gasteiger charge is 2.00. The summed E-state index contributed by atoms with van der Waals surface area (Å²) in [7, 11) is 0. The van der Waals surface area contributed by atoms with Crippen molar-refractivity contribution in [3.05, 3.63) is 0 Å². The van der Waals surface area contributed by atoms with Crippen LogP contribution in [0.5, 0.6) is 0 Å². The molecule has 0 rings (SSSR count). The lowest BCUT2D eigenvalue weighted by Gasteiger charge is -2.13. The molecule has 0 aromatic heterocycles. The molecule has 11 heavy (non-hydrogen) atoms. The molecule has 0 heterocycles. The molecule has 0 atom stereocenters. The zero-order valence-electron chi connectivity index (χ0n) is 6.72. The van der Waals surface area contributed by atoms with Crippen molar-refractivity contribution in [2.75, 3.05) is 32.8 Å². The van der Waals surface area contributed by atoms with Gasteiger partial charge in [0.25, 0.3) is 0 Å². The van der Waals surface area contributed by atoms with E-state index in [1.54, 1.807) is 0 Å². The fourth-order valence-corrected chi connectivity index (χ4v) is 0.795. The van der Waals surface area contributed by atoms with Crippen molar-refractivity contribution in [1.29, 1.82) is 0 Å². The molecule has 0 saturated carbocycles. The Morgan fingerprint density at radius 1 is 1.18 bits per heavy atom. The molecule has 0 bridgehead atoms. The average Bonchev–Trinajstić information content (AvgIpc) is 2.08. The van der Waals surface area contributed by atoms with Crippen molar-refractivity contribution in [2.24, 2.45) is 0 Å². The van der Waals surface area contributed by atoms with Gasteiger partial charge in [-0.3, -0.25) is 0 Å². The Balaban J connectivity index is 0. The zero-order valence-corrected chi connectivity index (χ0v) is 7.47. The Hall–Kier alpha value is 0.130. The van der Waals surface area contributed by atoms with Gasteiger partial charge in [0, 0.05) is 0 Å².